The zero-order valence-corrected chi connectivity index (χ0v) is 12.7. The molecule has 0 saturated carbocycles. The molecule has 0 unspecified atom stereocenters. The van der Waals surface area contributed by atoms with Crippen LogP contribution >= 0.6 is 0 Å². The maximum absolute atomic E-state index is 12.0. The molecule has 0 aromatic carbocycles. The van der Waals surface area contributed by atoms with Crippen molar-refractivity contribution in [2.75, 3.05) is 18.4 Å². The first-order chi connectivity index (χ1) is 11.2. The van der Waals surface area contributed by atoms with E-state index in [1.807, 2.05) is 12.3 Å². The summed E-state index contributed by atoms with van der Waals surface area (Å²) in [6, 6.07) is 4.16. The number of amides is 1. The van der Waals surface area contributed by atoms with Gasteiger partial charge in [-0.15, -0.1) is 0 Å². The fourth-order valence-corrected chi connectivity index (χ4v) is 3.08. The summed E-state index contributed by atoms with van der Waals surface area (Å²) in [6.07, 6.45) is 5.90. The van der Waals surface area contributed by atoms with E-state index in [1.54, 1.807) is 4.90 Å². The Morgan fingerprint density at radius 2 is 2.43 bits per heavy atom. The summed E-state index contributed by atoms with van der Waals surface area (Å²) in [7, 11) is 0. The average molecular weight is 310 g/mol. The number of H-pyrrole nitrogens is 1. The van der Waals surface area contributed by atoms with Crippen LogP contribution in [0.1, 0.15) is 12.8 Å². The second kappa shape index (κ2) is 6.48. The molecule has 7 heteroatoms. The second-order valence-electron chi connectivity index (χ2n) is 5.71. The first kappa shape index (κ1) is 15.0. The number of nitriles is 1. The van der Waals surface area contributed by atoms with Crippen LogP contribution in [-0.4, -0.2) is 44.9 Å². The van der Waals surface area contributed by atoms with Gasteiger partial charge in [0, 0.05) is 31.7 Å². The minimum absolute atomic E-state index is 0.0407. The summed E-state index contributed by atoms with van der Waals surface area (Å²) < 4.78 is 0. The molecule has 3 heterocycles. The van der Waals surface area contributed by atoms with Crippen molar-refractivity contribution in [2.45, 2.75) is 18.9 Å². The zero-order chi connectivity index (χ0) is 16.2. The smallest absolute Gasteiger partial charge is 0.246 e. The molecule has 1 saturated heterocycles. The maximum atomic E-state index is 12.0. The Bertz CT molecular complexity index is 761. The van der Waals surface area contributed by atoms with Gasteiger partial charge in [0.15, 0.2) is 0 Å². The third-order valence-electron chi connectivity index (χ3n) is 4.10. The van der Waals surface area contributed by atoms with Crippen LogP contribution in [0.15, 0.2) is 31.2 Å². The molecule has 118 valence electrons. The number of carbonyl (C=O) groups is 1. The van der Waals surface area contributed by atoms with Crippen molar-refractivity contribution in [3.8, 4) is 6.07 Å². The molecule has 23 heavy (non-hydrogen) atoms. The van der Waals surface area contributed by atoms with Gasteiger partial charge in [0.1, 0.15) is 17.8 Å². The van der Waals surface area contributed by atoms with Crippen LogP contribution in [0.25, 0.3) is 11.0 Å². The van der Waals surface area contributed by atoms with Gasteiger partial charge in [-0.3, -0.25) is 4.79 Å². The van der Waals surface area contributed by atoms with Gasteiger partial charge in [0.2, 0.25) is 5.91 Å². The Labute approximate surface area is 134 Å². The number of piperidine rings is 1. The molecular weight excluding hydrogens is 292 g/mol. The number of fused-ring (bicyclic) bond motifs is 1. The number of anilines is 1. The minimum Gasteiger partial charge on any atom is -0.365 e. The number of nitrogens with one attached hydrogen (secondary N) is 2. The second-order valence-corrected chi connectivity index (χ2v) is 5.71. The van der Waals surface area contributed by atoms with E-state index in [1.165, 1.54) is 12.4 Å². The molecule has 0 spiro atoms. The van der Waals surface area contributed by atoms with Crippen LogP contribution in [0.2, 0.25) is 0 Å². The maximum Gasteiger partial charge on any atom is 0.246 e. The number of aromatic nitrogens is 3. The molecule has 2 aromatic rings. The minimum atomic E-state index is -0.103. The summed E-state index contributed by atoms with van der Waals surface area (Å²) in [5, 5.41) is 13.3. The lowest BCUT2D eigenvalue weighted by Crippen LogP contribution is -2.48. The Morgan fingerprint density at radius 3 is 3.22 bits per heavy atom. The van der Waals surface area contributed by atoms with Crippen molar-refractivity contribution >= 4 is 22.8 Å². The van der Waals surface area contributed by atoms with Crippen LogP contribution in [0.4, 0.5) is 5.82 Å². The molecule has 1 amide bonds. The fourth-order valence-electron chi connectivity index (χ4n) is 3.08. The summed E-state index contributed by atoms with van der Waals surface area (Å²) in [5.74, 6) is 0.789. The van der Waals surface area contributed by atoms with E-state index in [0.29, 0.717) is 19.5 Å². The van der Waals surface area contributed by atoms with Gasteiger partial charge in [0.05, 0.1) is 11.5 Å². The van der Waals surface area contributed by atoms with Crippen LogP contribution < -0.4 is 5.32 Å². The number of nitrogens with zero attached hydrogens (tertiary/aromatic N) is 4. The molecule has 2 atom stereocenters. The highest BCUT2D eigenvalue weighted by Crippen LogP contribution is 2.25. The average Bonchev–Trinajstić information content (AvgIpc) is 3.04. The van der Waals surface area contributed by atoms with Gasteiger partial charge in [-0.05, 0) is 24.5 Å². The van der Waals surface area contributed by atoms with Crippen LogP contribution in [-0.2, 0) is 4.79 Å². The largest absolute Gasteiger partial charge is 0.365 e. The van der Waals surface area contributed by atoms with Gasteiger partial charge in [-0.2, -0.15) is 5.26 Å². The predicted octanol–water partition coefficient (Wildman–Crippen LogP) is 1.69. The molecule has 0 aliphatic carbocycles. The van der Waals surface area contributed by atoms with E-state index < -0.39 is 0 Å². The molecule has 3 rings (SSSR count). The Morgan fingerprint density at radius 1 is 1.57 bits per heavy atom. The molecule has 1 fully saturated rings. The van der Waals surface area contributed by atoms with Gasteiger partial charge in [-0.1, -0.05) is 6.58 Å². The molecule has 2 aromatic heterocycles. The Kier molecular flexibility index (Phi) is 4.24. The predicted molar refractivity (Wildman–Crippen MR) is 86.4 cm³/mol. The van der Waals surface area contributed by atoms with Gasteiger partial charge in [0.25, 0.3) is 0 Å². The normalized spacial score (nSPS) is 20.9. The number of rotatable bonds is 4. The molecular formula is C16H18N6O. The van der Waals surface area contributed by atoms with E-state index in [2.05, 4.69) is 32.9 Å². The molecule has 1 aliphatic heterocycles. The number of hydrogen-bond acceptors (Lipinski definition) is 5. The van der Waals surface area contributed by atoms with Crippen molar-refractivity contribution in [1.29, 1.82) is 5.26 Å². The van der Waals surface area contributed by atoms with E-state index in [0.717, 1.165) is 23.3 Å². The summed E-state index contributed by atoms with van der Waals surface area (Å²) in [5.41, 5.74) is 0.769. The molecule has 0 bridgehead atoms. The third kappa shape index (κ3) is 3.16. The van der Waals surface area contributed by atoms with Crippen molar-refractivity contribution in [2.24, 2.45) is 5.92 Å². The van der Waals surface area contributed by atoms with Crippen LogP contribution in [0.5, 0.6) is 0 Å². The van der Waals surface area contributed by atoms with E-state index in [4.69, 9.17) is 5.26 Å². The lowest BCUT2D eigenvalue weighted by Gasteiger charge is -2.37. The SMILES string of the molecule is C=CC(=O)N1C[C@@H](CC#N)C[C@@H](Nc2ncnc3[nH]ccc23)C1. The van der Waals surface area contributed by atoms with Crippen molar-refractivity contribution < 1.29 is 4.79 Å². The highest BCUT2D eigenvalue weighted by atomic mass is 16.2. The Balaban J connectivity index is 1.80. The summed E-state index contributed by atoms with van der Waals surface area (Å²) in [4.78, 5) is 25.2. The number of likely N-dealkylation sites (tertiary alicyclic amines) is 1. The summed E-state index contributed by atoms with van der Waals surface area (Å²) >= 11 is 0. The third-order valence-corrected chi connectivity index (χ3v) is 4.10. The molecule has 2 N–H and O–H groups in total. The molecule has 1 aliphatic rings. The van der Waals surface area contributed by atoms with E-state index in [9.17, 15) is 4.79 Å². The summed E-state index contributed by atoms with van der Waals surface area (Å²) in [6.45, 7) is 4.72. The monoisotopic (exact) mass is 310 g/mol. The Hall–Kier alpha value is -2.88. The highest BCUT2D eigenvalue weighted by Gasteiger charge is 2.29. The highest BCUT2D eigenvalue weighted by molar-refractivity contribution is 5.88. The van der Waals surface area contributed by atoms with Crippen molar-refractivity contribution in [3.05, 3.63) is 31.2 Å². The van der Waals surface area contributed by atoms with Crippen molar-refractivity contribution in [1.82, 2.24) is 19.9 Å². The topological polar surface area (TPSA) is 97.7 Å². The number of hydrogen-bond donors (Lipinski definition) is 2. The first-order valence-corrected chi connectivity index (χ1v) is 7.54. The van der Waals surface area contributed by atoms with E-state index in [-0.39, 0.29) is 17.9 Å². The first-order valence-electron chi connectivity index (χ1n) is 7.54. The zero-order valence-electron chi connectivity index (χ0n) is 12.7. The number of aromatic amines is 1. The number of carbonyl (C=O) groups excluding carboxylic acids is 1. The molecule has 7 nitrogen and oxygen atoms in total. The standard InChI is InChI=1S/C16H18N6O/c1-2-14(23)22-8-11(3-5-17)7-12(9-22)21-16-13-4-6-18-15(13)19-10-20-16/h2,4,6,10-12H,1,3,7-9H2,(H2,18,19,20,21)/t11-,12+/m0/s1. The molecule has 0 radical (unpaired) electrons. The fraction of sp³-hybridized carbons (Fsp3) is 0.375. The van der Waals surface area contributed by atoms with Crippen LogP contribution in [0, 0.1) is 17.2 Å². The quantitative estimate of drug-likeness (QED) is 0.837. The lowest BCUT2D eigenvalue weighted by molar-refractivity contribution is -0.127. The van der Waals surface area contributed by atoms with E-state index >= 15 is 0 Å². The van der Waals surface area contributed by atoms with Crippen LogP contribution in [0.3, 0.4) is 0 Å². The van der Waals surface area contributed by atoms with Crippen molar-refractivity contribution in [3.63, 3.8) is 0 Å². The van der Waals surface area contributed by atoms with Gasteiger partial charge < -0.3 is 15.2 Å². The lowest BCUT2D eigenvalue weighted by atomic mass is 9.91. The van der Waals surface area contributed by atoms with Gasteiger partial charge in [-0.25, -0.2) is 9.97 Å². The van der Waals surface area contributed by atoms with Gasteiger partial charge >= 0.3 is 0 Å².